The van der Waals surface area contributed by atoms with Gasteiger partial charge in [-0.3, -0.25) is 14.8 Å². The molecule has 2 fully saturated rings. The maximum Gasteiger partial charge on any atom is 0.416 e. The first-order valence-corrected chi connectivity index (χ1v) is 12.8. The van der Waals surface area contributed by atoms with Gasteiger partial charge >= 0.3 is 6.18 Å². The van der Waals surface area contributed by atoms with E-state index in [1.165, 1.54) is 12.1 Å². The Bertz CT molecular complexity index is 1250. The predicted octanol–water partition coefficient (Wildman–Crippen LogP) is 4.76. The van der Waals surface area contributed by atoms with Crippen molar-refractivity contribution in [2.45, 2.75) is 56.0 Å². The first kappa shape index (κ1) is 26.2. The van der Waals surface area contributed by atoms with Gasteiger partial charge in [0.15, 0.2) is 0 Å². The zero-order valence-electron chi connectivity index (χ0n) is 21.1. The highest BCUT2D eigenvalue weighted by Crippen LogP contribution is 2.39. The number of carbonyl (C=O) groups is 1. The van der Waals surface area contributed by atoms with Crippen LogP contribution in [0, 0.1) is 0 Å². The molecule has 1 aromatic heterocycles. The molecule has 0 spiro atoms. The highest BCUT2D eigenvalue weighted by atomic mass is 19.4. The Labute approximate surface area is 219 Å². The van der Waals surface area contributed by atoms with Crippen LogP contribution in [0.15, 0.2) is 60.9 Å². The fourth-order valence-electron chi connectivity index (χ4n) is 5.61. The maximum absolute atomic E-state index is 13.1. The molecule has 7 nitrogen and oxygen atoms in total. The van der Waals surface area contributed by atoms with Gasteiger partial charge in [-0.05, 0) is 42.2 Å². The summed E-state index contributed by atoms with van der Waals surface area (Å²) in [5.74, 6) is -0.225. The standard InChI is InChI=1S/C28H31F3N4O3/c1-18(19-5-7-20(8-6-19)21-15-33-34-16-21)25-14-27(26(32)36,10-12-37-25)35-11-9-24(17-35)38-23-4-2-3-22(13-23)28(29,30)31/h2-8,13,15-16,18,24-25H,9-12,14,17H2,1H3,(H2,32,36)(H,33,34)/t18-,24?,25?,27?/m0/s1. The number of nitrogens with one attached hydrogen (secondary N) is 1. The fraction of sp³-hybridized carbons (Fsp3) is 0.429. The largest absolute Gasteiger partial charge is 0.489 e. The summed E-state index contributed by atoms with van der Waals surface area (Å²) in [6, 6.07) is 13.1. The van der Waals surface area contributed by atoms with Crippen LogP contribution in [-0.4, -0.2) is 58.4 Å². The first-order valence-electron chi connectivity index (χ1n) is 12.8. The monoisotopic (exact) mass is 528 g/mol. The molecular formula is C28H31F3N4O3. The molecule has 0 aliphatic carbocycles. The molecule has 0 radical (unpaired) electrons. The molecule has 4 atom stereocenters. The van der Waals surface area contributed by atoms with Gasteiger partial charge in [0.2, 0.25) is 5.91 Å². The fourth-order valence-corrected chi connectivity index (χ4v) is 5.61. The SMILES string of the molecule is C[C@@H](c1ccc(-c2cn[nH]c2)cc1)C1CC(C(N)=O)(N2CCC(Oc3cccc(C(F)(F)F)c3)C2)CCO1. The zero-order valence-corrected chi connectivity index (χ0v) is 21.1. The minimum absolute atomic E-state index is 0.0205. The van der Waals surface area contributed by atoms with Gasteiger partial charge in [0, 0.05) is 43.8 Å². The molecule has 3 N–H and O–H groups in total. The van der Waals surface area contributed by atoms with Crippen molar-refractivity contribution >= 4 is 5.91 Å². The number of alkyl halides is 3. The third kappa shape index (κ3) is 5.28. The number of halogens is 3. The van der Waals surface area contributed by atoms with Gasteiger partial charge in [-0.25, -0.2) is 0 Å². The Kier molecular flexibility index (Phi) is 7.19. The summed E-state index contributed by atoms with van der Waals surface area (Å²) in [6.07, 6.45) is 0.0772. The van der Waals surface area contributed by atoms with E-state index in [-0.39, 0.29) is 23.9 Å². The van der Waals surface area contributed by atoms with Crippen LogP contribution in [0.5, 0.6) is 5.75 Å². The zero-order chi connectivity index (χ0) is 26.9. The van der Waals surface area contributed by atoms with Crippen LogP contribution >= 0.6 is 0 Å². The highest BCUT2D eigenvalue weighted by Gasteiger charge is 2.50. The van der Waals surface area contributed by atoms with Gasteiger partial charge in [-0.1, -0.05) is 37.3 Å². The lowest BCUT2D eigenvalue weighted by molar-refractivity contribution is -0.142. The van der Waals surface area contributed by atoms with Crippen molar-refractivity contribution in [3.8, 4) is 16.9 Å². The van der Waals surface area contributed by atoms with Crippen molar-refractivity contribution < 1.29 is 27.4 Å². The third-order valence-corrected chi connectivity index (χ3v) is 7.89. The number of benzene rings is 2. The minimum Gasteiger partial charge on any atom is -0.489 e. The van der Waals surface area contributed by atoms with E-state index in [1.807, 2.05) is 23.2 Å². The van der Waals surface area contributed by atoms with Gasteiger partial charge in [0.1, 0.15) is 17.4 Å². The average molecular weight is 529 g/mol. The van der Waals surface area contributed by atoms with Crippen LogP contribution in [-0.2, 0) is 15.7 Å². The number of rotatable bonds is 7. The summed E-state index contributed by atoms with van der Waals surface area (Å²) < 4.78 is 51.4. The number of amides is 1. The molecule has 0 saturated carbocycles. The number of aromatic nitrogens is 2. The lowest BCUT2D eigenvalue weighted by Crippen LogP contribution is -2.61. The molecule has 38 heavy (non-hydrogen) atoms. The molecule has 3 heterocycles. The number of H-pyrrole nitrogens is 1. The molecule has 2 saturated heterocycles. The van der Waals surface area contributed by atoms with E-state index in [4.69, 9.17) is 15.2 Å². The van der Waals surface area contributed by atoms with E-state index in [1.54, 1.807) is 6.20 Å². The lowest BCUT2D eigenvalue weighted by atomic mass is 9.79. The number of ether oxygens (including phenoxy) is 2. The molecule has 3 unspecified atom stereocenters. The average Bonchev–Trinajstić information content (AvgIpc) is 3.61. The summed E-state index contributed by atoms with van der Waals surface area (Å²) >= 11 is 0. The molecule has 10 heteroatoms. The van der Waals surface area contributed by atoms with Crippen LogP contribution in [0.3, 0.4) is 0 Å². The normalized spacial score (nSPS) is 25.3. The van der Waals surface area contributed by atoms with E-state index in [0.29, 0.717) is 39.0 Å². The molecule has 2 aliphatic heterocycles. The Hall–Kier alpha value is -3.37. The smallest absolute Gasteiger partial charge is 0.416 e. The van der Waals surface area contributed by atoms with Crippen LogP contribution < -0.4 is 10.5 Å². The summed E-state index contributed by atoms with van der Waals surface area (Å²) in [7, 11) is 0. The summed E-state index contributed by atoms with van der Waals surface area (Å²) in [5.41, 5.74) is 7.50. The van der Waals surface area contributed by atoms with Crippen molar-refractivity contribution in [1.29, 1.82) is 0 Å². The Balaban J connectivity index is 1.28. The second-order valence-electron chi connectivity index (χ2n) is 10.2. The summed E-state index contributed by atoms with van der Waals surface area (Å²) in [6.45, 7) is 3.44. The highest BCUT2D eigenvalue weighted by molar-refractivity contribution is 5.85. The quantitative estimate of drug-likeness (QED) is 0.462. The number of hydrogen-bond acceptors (Lipinski definition) is 5. The van der Waals surface area contributed by atoms with E-state index >= 15 is 0 Å². The van der Waals surface area contributed by atoms with E-state index in [2.05, 4.69) is 29.3 Å². The summed E-state index contributed by atoms with van der Waals surface area (Å²) in [5, 5.41) is 6.81. The van der Waals surface area contributed by atoms with Gasteiger partial charge in [0.05, 0.1) is 17.9 Å². The van der Waals surface area contributed by atoms with Gasteiger partial charge in [0.25, 0.3) is 0 Å². The topological polar surface area (TPSA) is 93.5 Å². The number of primary amides is 1. The van der Waals surface area contributed by atoms with Crippen molar-refractivity contribution in [2.24, 2.45) is 5.73 Å². The van der Waals surface area contributed by atoms with Crippen LogP contribution in [0.2, 0.25) is 0 Å². The van der Waals surface area contributed by atoms with Crippen LogP contribution in [0.1, 0.15) is 43.2 Å². The van der Waals surface area contributed by atoms with Crippen molar-refractivity contribution in [3.05, 3.63) is 72.1 Å². The Morgan fingerprint density at radius 3 is 2.71 bits per heavy atom. The number of nitrogens with two attached hydrogens (primary N) is 1. The lowest BCUT2D eigenvalue weighted by Gasteiger charge is -2.46. The second-order valence-corrected chi connectivity index (χ2v) is 10.2. The maximum atomic E-state index is 13.1. The number of likely N-dealkylation sites (tertiary alicyclic amines) is 1. The predicted molar refractivity (Wildman–Crippen MR) is 135 cm³/mol. The molecule has 2 aromatic carbocycles. The second kappa shape index (κ2) is 10.4. The van der Waals surface area contributed by atoms with Gasteiger partial charge in [-0.15, -0.1) is 0 Å². The van der Waals surface area contributed by atoms with Gasteiger partial charge in [-0.2, -0.15) is 18.3 Å². The van der Waals surface area contributed by atoms with Crippen molar-refractivity contribution in [3.63, 3.8) is 0 Å². The summed E-state index contributed by atoms with van der Waals surface area (Å²) in [4.78, 5) is 15.0. The van der Waals surface area contributed by atoms with Crippen molar-refractivity contribution in [1.82, 2.24) is 15.1 Å². The van der Waals surface area contributed by atoms with E-state index in [0.717, 1.165) is 28.8 Å². The molecular weight excluding hydrogens is 497 g/mol. The number of aromatic amines is 1. The minimum atomic E-state index is -4.44. The van der Waals surface area contributed by atoms with E-state index < -0.39 is 23.2 Å². The van der Waals surface area contributed by atoms with Crippen LogP contribution in [0.4, 0.5) is 13.2 Å². The van der Waals surface area contributed by atoms with Gasteiger partial charge < -0.3 is 15.2 Å². The molecule has 202 valence electrons. The van der Waals surface area contributed by atoms with E-state index in [9.17, 15) is 18.0 Å². The number of carbonyl (C=O) groups excluding carboxylic acids is 1. The van der Waals surface area contributed by atoms with Crippen molar-refractivity contribution in [2.75, 3.05) is 19.7 Å². The first-order chi connectivity index (χ1) is 18.2. The number of hydrogen-bond donors (Lipinski definition) is 2. The molecule has 2 aliphatic rings. The third-order valence-electron chi connectivity index (χ3n) is 7.89. The molecule has 0 bridgehead atoms. The molecule has 5 rings (SSSR count). The Morgan fingerprint density at radius 1 is 1.24 bits per heavy atom. The molecule has 1 amide bonds. The van der Waals surface area contributed by atoms with Crippen LogP contribution in [0.25, 0.3) is 11.1 Å². The Morgan fingerprint density at radius 2 is 2.03 bits per heavy atom. The molecule has 3 aromatic rings. The number of nitrogens with zero attached hydrogens (tertiary/aromatic N) is 2.